The van der Waals surface area contributed by atoms with Gasteiger partial charge >= 0.3 is 5.97 Å². The van der Waals surface area contributed by atoms with Crippen LogP contribution in [-0.4, -0.2) is 21.3 Å². The van der Waals surface area contributed by atoms with Crippen LogP contribution in [0.25, 0.3) is 0 Å². The summed E-state index contributed by atoms with van der Waals surface area (Å²) < 4.78 is 0. The van der Waals surface area contributed by atoms with Crippen molar-refractivity contribution in [1.82, 2.24) is 10.2 Å². The van der Waals surface area contributed by atoms with Crippen molar-refractivity contribution in [3.05, 3.63) is 17.5 Å². The van der Waals surface area contributed by atoms with E-state index in [1.54, 1.807) is 6.20 Å². The Morgan fingerprint density at radius 3 is 3.00 bits per heavy atom. The molecule has 1 rings (SSSR count). The Bertz CT molecular complexity index is 281. The van der Waals surface area contributed by atoms with Crippen LogP contribution in [0.5, 0.6) is 0 Å². The van der Waals surface area contributed by atoms with E-state index in [-0.39, 0.29) is 6.42 Å². The molecule has 1 heterocycles. The largest absolute Gasteiger partial charge is 0.481 e. The van der Waals surface area contributed by atoms with E-state index in [2.05, 4.69) is 17.1 Å². The Morgan fingerprint density at radius 2 is 2.38 bits per heavy atom. The predicted octanol–water partition coefficient (Wildman–Crippen LogP) is 1.38. The predicted molar refractivity (Wildman–Crippen MR) is 48.5 cm³/mol. The molecule has 72 valence electrons. The molecule has 1 aromatic heterocycles. The van der Waals surface area contributed by atoms with E-state index < -0.39 is 5.97 Å². The van der Waals surface area contributed by atoms with Crippen molar-refractivity contribution in [2.24, 2.45) is 0 Å². The maximum atomic E-state index is 10.3. The van der Waals surface area contributed by atoms with Crippen molar-refractivity contribution in [3.8, 4) is 0 Å². The lowest BCUT2D eigenvalue weighted by Gasteiger charge is -1.98. The molecule has 2 N–H and O–H groups in total. The lowest BCUT2D eigenvalue weighted by atomic mass is 10.1. The number of nitrogens with one attached hydrogen (secondary N) is 1. The van der Waals surface area contributed by atoms with Gasteiger partial charge in [0.2, 0.25) is 0 Å². The Hall–Kier alpha value is -1.32. The molecule has 4 heteroatoms. The van der Waals surface area contributed by atoms with Crippen molar-refractivity contribution >= 4 is 5.97 Å². The molecule has 13 heavy (non-hydrogen) atoms. The summed E-state index contributed by atoms with van der Waals surface area (Å²) in [5, 5.41) is 15.3. The summed E-state index contributed by atoms with van der Waals surface area (Å²) in [5.74, 6) is -0.761. The molecule has 0 aromatic carbocycles. The number of hydrogen-bond donors (Lipinski definition) is 2. The van der Waals surface area contributed by atoms with Gasteiger partial charge in [-0.3, -0.25) is 9.89 Å². The highest BCUT2D eigenvalue weighted by molar-refractivity contribution is 5.67. The number of aromatic amines is 1. The summed E-state index contributed by atoms with van der Waals surface area (Å²) in [7, 11) is 0. The zero-order valence-electron chi connectivity index (χ0n) is 7.71. The molecule has 0 saturated carbocycles. The van der Waals surface area contributed by atoms with Crippen LogP contribution in [0.2, 0.25) is 0 Å². The van der Waals surface area contributed by atoms with Crippen LogP contribution in [0, 0.1) is 0 Å². The van der Waals surface area contributed by atoms with Crippen molar-refractivity contribution in [3.63, 3.8) is 0 Å². The summed E-state index contributed by atoms with van der Waals surface area (Å²) in [6.07, 6.45) is 4.45. The van der Waals surface area contributed by atoms with Gasteiger partial charge < -0.3 is 5.11 Å². The third kappa shape index (κ3) is 2.89. The average molecular weight is 182 g/mol. The number of carboxylic acids is 1. The lowest BCUT2D eigenvalue weighted by Crippen LogP contribution is -1.99. The molecule has 0 unspecified atom stereocenters. The number of H-pyrrole nitrogens is 1. The standard InChI is InChI=1S/C9H14N2O2/c1-2-3-8-7(6-10-11-8)4-5-9(12)13/h6H,2-5H2,1H3,(H,10,11)(H,12,13). The van der Waals surface area contributed by atoms with Crippen LogP contribution < -0.4 is 0 Å². The summed E-state index contributed by atoms with van der Waals surface area (Å²) in [6.45, 7) is 2.09. The van der Waals surface area contributed by atoms with E-state index in [1.807, 2.05) is 0 Å². The van der Waals surface area contributed by atoms with Gasteiger partial charge in [0.25, 0.3) is 0 Å². The van der Waals surface area contributed by atoms with Gasteiger partial charge in [0.15, 0.2) is 0 Å². The number of carbonyl (C=O) groups is 1. The number of aliphatic carboxylic acids is 1. The summed E-state index contributed by atoms with van der Waals surface area (Å²) >= 11 is 0. The van der Waals surface area contributed by atoms with E-state index >= 15 is 0 Å². The van der Waals surface area contributed by atoms with Crippen molar-refractivity contribution in [2.45, 2.75) is 32.6 Å². The Morgan fingerprint density at radius 1 is 1.62 bits per heavy atom. The molecule has 0 atom stereocenters. The number of rotatable bonds is 5. The van der Waals surface area contributed by atoms with Gasteiger partial charge in [-0.05, 0) is 18.4 Å². The zero-order chi connectivity index (χ0) is 9.68. The van der Waals surface area contributed by atoms with E-state index in [0.29, 0.717) is 6.42 Å². The number of nitrogens with zero attached hydrogens (tertiary/aromatic N) is 1. The minimum Gasteiger partial charge on any atom is -0.481 e. The van der Waals surface area contributed by atoms with Crippen molar-refractivity contribution < 1.29 is 9.90 Å². The molecular weight excluding hydrogens is 168 g/mol. The third-order valence-electron chi connectivity index (χ3n) is 1.92. The highest BCUT2D eigenvalue weighted by atomic mass is 16.4. The number of hydrogen-bond acceptors (Lipinski definition) is 2. The van der Waals surface area contributed by atoms with Gasteiger partial charge in [0.05, 0.1) is 6.20 Å². The first kappa shape index (κ1) is 9.77. The molecule has 0 amide bonds. The molecular formula is C9H14N2O2. The van der Waals surface area contributed by atoms with Crippen molar-refractivity contribution in [2.75, 3.05) is 0 Å². The van der Waals surface area contributed by atoms with Crippen LogP contribution in [0.4, 0.5) is 0 Å². The topological polar surface area (TPSA) is 66.0 Å². The number of carboxylic acid groups (broad SMARTS) is 1. The first-order chi connectivity index (χ1) is 6.24. The van der Waals surface area contributed by atoms with Gasteiger partial charge in [-0.15, -0.1) is 0 Å². The molecule has 4 nitrogen and oxygen atoms in total. The molecule has 0 radical (unpaired) electrons. The smallest absolute Gasteiger partial charge is 0.303 e. The van der Waals surface area contributed by atoms with Crippen LogP contribution in [-0.2, 0) is 17.6 Å². The van der Waals surface area contributed by atoms with Gasteiger partial charge in [0, 0.05) is 12.1 Å². The van der Waals surface area contributed by atoms with Crippen LogP contribution in [0.15, 0.2) is 6.20 Å². The lowest BCUT2D eigenvalue weighted by molar-refractivity contribution is -0.136. The Kier molecular flexibility index (Phi) is 3.49. The minimum atomic E-state index is -0.761. The summed E-state index contributed by atoms with van der Waals surface area (Å²) in [5.41, 5.74) is 2.10. The number of aryl methyl sites for hydroxylation is 2. The highest BCUT2D eigenvalue weighted by Crippen LogP contribution is 2.09. The van der Waals surface area contributed by atoms with E-state index in [9.17, 15) is 4.79 Å². The first-order valence-electron chi connectivity index (χ1n) is 4.47. The fourth-order valence-corrected chi connectivity index (χ4v) is 1.26. The Labute approximate surface area is 77.0 Å². The molecule has 1 aromatic rings. The number of aromatic nitrogens is 2. The minimum absolute atomic E-state index is 0.177. The van der Waals surface area contributed by atoms with Gasteiger partial charge in [0.1, 0.15) is 0 Å². The van der Waals surface area contributed by atoms with Crippen LogP contribution in [0.3, 0.4) is 0 Å². The molecule has 0 fully saturated rings. The second-order valence-corrected chi connectivity index (χ2v) is 3.02. The second kappa shape index (κ2) is 4.64. The fraction of sp³-hybridized carbons (Fsp3) is 0.556. The van der Waals surface area contributed by atoms with Crippen molar-refractivity contribution in [1.29, 1.82) is 0 Å². The van der Waals surface area contributed by atoms with E-state index in [0.717, 1.165) is 24.1 Å². The maximum absolute atomic E-state index is 10.3. The first-order valence-corrected chi connectivity index (χ1v) is 4.47. The van der Waals surface area contributed by atoms with Crippen LogP contribution >= 0.6 is 0 Å². The monoisotopic (exact) mass is 182 g/mol. The normalized spacial score (nSPS) is 10.2. The maximum Gasteiger partial charge on any atom is 0.303 e. The summed E-state index contributed by atoms with van der Waals surface area (Å²) in [6, 6.07) is 0. The van der Waals surface area contributed by atoms with Crippen LogP contribution in [0.1, 0.15) is 31.0 Å². The SMILES string of the molecule is CCCc1[nH]ncc1CCC(=O)O. The quantitative estimate of drug-likeness (QED) is 0.723. The summed E-state index contributed by atoms with van der Waals surface area (Å²) in [4.78, 5) is 10.3. The highest BCUT2D eigenvalue weighted by Gasteiger charge is 2.05. The average Bonchev–Trinajstić information content (AvgIpc) is 2.49. The van der Waals surface area contributed by atoms with Gasteiger partial charge in [-0.2, -0.15) is 5.10 Å². The molecule has 0 saturated heterocycles. The second-order valence-electron chi connectivity index (χ2n) is 3.02. The molecule has 0 spiro atoms. The third-order valence-corrected chi connectivity index (χ3v) is 1.92. The van der Waals surface area contributed by atoms with Gasteiger partial charge in [-0.1, -0.05) is 13.3 Å². The Balaban J connectivity index is 2.54. The zero-order valence-corrected chi connectivity index (χ0v) is 7.71. The van der Waals surface area contributed by atoms with E-state index in [1.165, 1.54) is 0 Å². The molecule has 0 aliphatic rings. The molecule has 0 aliphatic carbocycles. The van der Waals surface area contributed by atoms with E-state index in [4.69, 9.17) is 5.11 Å². The van der Waals surface area contributed by atoms with Gasteiger partial charge in [-0.25, -0.2) is 0 Å². The molecule has 0 bridgehead atoms. The molecule has 0 aliphatic heterocycles. The fourth-order valence-electron chi connectivity index (χ4n) is 1.26.